The Morgan fingerprint density at radius 3 is 2.68 bits per heavy atom. The molecule has 0 N–H and O–H groups in total. The molecule has 0 fully saturated rings. The van der Waals surface area contributed by atoms with Crippen LogP contribution in [0.3, 0.4) is 0 Å². The third kappa shape index (κ3) is 3.51. The highest BCUT2D eigenvalue weighted by Crippen LogP contribution is 2.28. The van der Waals surface area contributed by atoms with Crippen LogP contribution in [0.2, 0.25) is 0 Å². The molecule has 1 aromatic carbocycles. The average Bonchev–Trinajstić information content (AvgIpc) is 2.37. The number of hydrogen-bond acceptors (Lipinski definition) is 5. The fourth-order valence-corrected chi connectivity index (χ4v) is 2.30. The summed E-state index contributed by atoms with van der Waals surface area (Å²) >= 11 is 3.19. The SMILES string of the molecule is CCOC(=O)Cc1c([N+](=O)[O-])ccc(C#N)c1CBr. The van der Waals surface area contributed by atoms with Gasteiger partial charge in [-0.25, -0.2) is 0 Å². The molecule has 0 unspecified atom stereocenters. The molecule has 0 saturated carbocycles. The molecule has 0 aliphatic heterocycles. The summed E-state index contributed by atoms with van der Waals surface area (Å²) in [4.78, 5) is 21.9. The molecule has 0 heterocycles. The molecule has 7 heteroatoms. The van der Waals surface area contributed by atoms with Crippen LogP contribution in [0, 0.1) is 21.4 Å². The molecular weight excluding hydrogens is 316 g/mol. The van der Waals surface area contributed by atoms with Crippen LogP contribution in [0.25, 0.3) is 0 Å². The number of nitro groups is 1. The Hall–Kier alpha value is -1.94. The first-order valence-electron chi connectivity index (χ1n) is 5.45. The number of carbonyl (C=O) groups is 1. The van der Waals surface area contributed by atoms with Crippen molar-refractivity contribution in [1.29, 1.82) is 5.26 Å². The van der Waals surface area contributed by atoms with E-state index in [0.717, 1.165) is 0 Å². The summed E-state index contributed by atoms with van der Waals surface area (Å²) in [6.45, 7) is 1.86. The molecule has 1 aromatic rings. The number of esters is 1. The molecule has 0 bridgehead atoms. The maximum atomic E-state index is 11.5. The Kier molecular flexibility index (Phi) is 5.45. The lowest BCUT2D eigenvalue weighted by atomic mass is 9.98. The quantitative estimate of drug-likeness (QED) is 0.358. The second kappa shape index (κ2) is 6.85. The van der Waals surface area contributed by atoms with Gasteiger partial charge in [0.2, 0.25) is 0 Å². The van der Waals surface area contributed by atoms with Gasteiger partial charge in [0.1, 0.15) is 0 Å². The lowest BCUT2D eigenvalue weighted by Gasteiger charge is -2.09. The minimum Gasteiger partial charge on any atom is -0.466 e. The monoisotopic (exact) mass is 326 g/mol. The van der Waals surface area contributed by atoms with E-state index in [-0.39, 0.29) is 29.6 Å². The van der Waals surface area contributed by atoms with Gasteiger partial charge in [0.05, 0.1) is 29.6 Å². The van der Waals surface area contributed by atoms with Gasteiger partial charge >= 0.3 is 5.97 Å². The number of alkyl halides is 1. The number of halogens is 1. The highest BCUT2D eigenvalue weighted by atomic mass is 79.9. The third-order valence-electron chi connectivity index (χ3n) is 2.48. The van der Waals surface area contributed by atoms with Crippen molar-refractivity contribution in [3.05, 3.63) is 38.9 Å². The van der Waals surface area contributed by atoms with E-state index in [4.69, 9.17) is 10.00 Å². The predicted molar refractivity (Wildman–Crippen MR) is 70.8 cm³/mol. The highest BCUT2D eigenvalue weighted by Gasteiger charge is 2.22. The first-order chi connectivity index (χ1) is 9.04. The highest BCUT2D eigenvalue weighted by molar-refractivity contribution is 9.08. The second-order valence-corrected chi connectivity index (χ2v) is 4.13. The van der Waals surface area contributed by atoms with Crippen molar-refractivity contribution >= 4 is 27.6 Å². The summed E-state index contributed by atoms with van der Waals surface area (Å²) in [7, 11) is 0. The summed E-state index contributed by atoms with van der Waals surface area (Å²) in [6, 6.07) is 4.57. The third-order valence-corrected chi connectivity index (χ3v) is 3.04. The molecule has 0 radical (unpaired) electrons. The van der Waals surface area contributed by atoms with Gasteiger partial charge in [0.15, 0.2) is 0 Å². The van der Waals surface area contributed by atoms with Crippen LogP contribution in [0.4, 0.5) is 5.69 Å². The van der Waals surface area contributed by atoms with Gasteiger partial charge in [0.25, 0.3) is 5.69 Å². The van der Waals surface area contributed by atoms with Gasteiger partial charge in [0, 0.05) is 17.0 Å². The van der Waals surface area contributed by atoms with E-state index in [2.05, 4.69) is 15.9 Å². The predicted octanol–water partition coefficient (Wildman–Crippen LogP) is 2.47. The molecule has 0 aliphatic carbocycles. The molecule has 0 amide bonds. The second-order valence-electron chi connectivity index (χ2n) is 3.57. The Labute approximate surface area is 118 Å². The number of carbonyl (C=O) groups excluding carboxylic acids is 1. The first kappa shape index (κ1) is 15.1. The fourth-order valence-electron chi connectivity index (χ4n) is 1.66. The van der Waals surface area contributed by atoms with Crippen LogP contribution in [0.1, 0.15) is 23.6 Å². The van der Waals surface area contributed by atoms with Crippen molar-refractivity contribution in [2.45, 2.75) is 18.7 Å². The number of nitriles is 1. The number of nitrogens with zero attached hydrogens (tertiary/aromatic N) is 2. The van der Waals surface area contributed by atoms with Crippen molar-refractivity contribution in [2.24, 2.45) is 0 Å². The summed E-state index contributed by atoms with van der Waals surface area (Å²) < 4.78 is 4.79. The molecule has 0 spiro atoms. The Morgan fingerprint density at radius 1 is 1.53 bits per heavy atom. The van der Waals surface area contributed by atoms with Gasteiger partial charge < -0.3 is 4.74 Å². The molecule has 0 aromatic heterocycles. The fraction of sp³-hybridized carbons (Fsp3) is 0.333. The van der Waals surface area contributed by atoms with Crippen molar-refractivity contribution in [3.8, 4) is 6.07 Å². The van der Waals surface area contributed by atoms with E-state index in [1.165, 1.54) is 12.1 Å². The number of ether oxygens (including phenoxy) is 1. The van der Waals surface area contributed by atoms with Gasteiger partial charge in [-0.3, -0.25) is 14.9 Å². The minimum atomic E-state index is -0.568. The molecular formula is C12H11BrN2O4. The van der Waals surface area contributed by atoms with Crippen molar-refractivity contribution in [3.63, 3.8) is 0 Å². The molecule has 0 aliphatic rings. The Bertz CT molecular complexity index is 551. The van der Waals surface area contributed by atoms with Gasteiger partial charge in [-0.05, 0) is 18.6 Å². The zero-order valence-corrected chi connectivity index (χ0v) is 11.8. The van der Waals surface area contributed by atoms with Gasteiger partial charge in [-0.15, -0.1) is 0 Å². The first-order valence-corrected chi connectivity index (χ1v) is 6.58. The van der Waals surface area contributed by atoms with E-state index in [9.17, 15) is 14.9 Å². The Balaban J connectivity index is 3.34. The van der Waals surface area contributed by atoms with E-state index < -0.39 is 10.9 Å². The minimum absolute atomic E-state index is 0.179. The van der Waals surface area contributed by atoms with E-state index in [0.29, 0.717) is 11.1 Å². The average molecular weight is 327 g/mol. The molecule has 6 nitrogen and oxygen atoms in total. The van der Waals surface area contributed by atoms with Crippen molar-refractivity contribution < 1.29 is 14.5 Å². The summed E-state index contributed by atoms with van der Waals surface area (Å²) in [6.07, 6.45) is -0.222. The lowest BCUT2D eigenvalue weighted by molar-refractivity contribution is -0.385. The van der Waals surface area contributed by atoms with Crippen LogP contribution in [0.5, 0.6) is 0 Å². The summed E-state index contributed by atoms with van der Waals surface area (Å²) in [5, 5.41) is 20.2. The topological polar surface area (TPSA) is 93.2 Å². The lowest BCUT2D eigenvalue weighted by Crippen LogP contribution is -2.12. The normalized spacial score (nSPS) is 9.74. The molecule has 0 atom stereocenters. The number of benzene rings is 1. The van der Waals surface area contributed by atoms with Gasteiger partial charge in [-0.2, -0.15) is 5.26 Å². The van der Waals surface area contributed by atoms with Crippen LogP contribution >= 0.6 is 15.9 Å². The largest absolute Gasteiger partial charge is 0.466 e. The summed E-state index contributed by atoms with van der Waals surface area (Å²) in [5.41, 5.74) is 0.799. The van der Waals surface area contributed by atoms with Crippen LogP contribution in [-0.2, 0) is 21.3 Å². The summed E-state index contributed by atoms with van der Waals surface area (Å²) in [5.74, 6) is -0.553. The standard InChI is InChI=1S/C12H11BrN2O4/c1-2-19-12(16)5-9-10(6-13)8(7-14)3-4-11(9)15(17)18/h3-4H,2,5-6H2,1H3. The molecule has 1 rings (SSSR count). The van der Waals surface area contributed by atoms with Crippen molar-refractivity contribution in [2.75, 3.05) is 6.61 Å². The van der Waals surface area contributed by atoms with Crippen LogP contribution in [-0.4, -0.2) is 17.5 Å². The van der Waals surface area contributed by atoms with E-state index in [1.54, 1.807) is 6.92 Å². The number of nitro benzene ring substituents is 1. The van der Waals surface area contributed by atoms with E-state index >= 15 is 0 Å². The number of hydrogen-bond donors (Lipinski definition) is 0. The zero-order valence-electron chi connectivity index (χ0n) is 10.2. The maximum absolute atomic E-state index is 11.5. The number of rotatable bonds is 5. The van der Waals surface area contributed by atoms with Crippen LogP contribution < -0.4 is 0 Å². The molecule has 0 saturated heterocycles. The van der Waals surface area contributed by atoms with Crippen molar-refractivity contribution in [1.82, 2.24) is 0 Å². The smallest absolute Gasteiger partial charge is 0.310 e. The zero-order chi connectivity index (χ0) is 14.4. The Morgan fingerprint density at radius 2 is 2.21 bits per heavy atom. The van der Waals surface area contributed by atoms with Gasteiger partial charge in [-0.1, -0.05) is 15.9 Å². The van der Waals surface area contributed by atoms with E-state index in [1.807, 2.05) is 6.07 Å². The molecule has 19 heavy (non-hydrogen) atoms. The molecule has 100 valence electrons. The maximum Gasteiger partial charge on any atom is 0.310 e. The van der Waals surface area contributed by atoms with Crippen LogP contribution in [0.15, 0.2) is 12.1 Å².